The summed E-state index contributed by atoms with van der Waals surface area (Å²) >= 11 is 0. The zero-order chi connectivity index (χ0) is 41.9. The second-order valence-electron chi connectivity index (χ2n) is 20.0. The Morgan fingerprint density at radius 1 is 0.444 bits per heavy atom. The highest BCUT2D eigenvalue weighted by Crippen LogP contribution is 2.61. The molecule has 0 saturated heterocycles. The first kappa shape index (κ1) is 37.0. The van der Waals surface area contributed by atoms with E-state index >= 15 is 0 Å². The average molecular weight is 813 g/mol. The topological polar surface area (TPSA) is 8.17 Å². The van der Waals surface area contributed by atoms with E-state index in [0.717, 1.165) is 40.5 Å². The molecule has 9 aromatic rings. The molecule has 0 spiro atoms. The van der Waals surface area contributed by atoms with E-state index in [-0.39, 0.29) is 5.41 Å². The van der Waals surface area contributed by atoms with Gasteiger partial charge in [0.25, 0.3) is 0 Å². The number of hydrogen-bond donors (Lipinski definition) is 0. The summed E-state index contributed by atoms with van der Waals surface area (Å²) in [5.74, 6) is 2.88. The Labute approximate surface area is 371 Å². The molecule has 63 heavy (non-hydrogen) atoms. The number of hydrogen-bond acceptors (Lipinski definition) is 1. The van der Waals surface area contributed by atoms with Crippen LogP contribution in [-0.2, 0) is 10.8 Å². The van der Waals surface area contributed by atoms with Gasteiger partial charge in [0.15, 0.2) is 0 Å². The van der Waals surface area contributed by atoms with Crippen molar-refractivity contribution < 1.29 is 0 Å². The SMILES string of the molecule is CC1(C)c2cc(-c3ccc(C45CC6CC(CC(C6)C4)C5)cc3)ccc2-c2ccc(N(c3ccc(-n4c5ccccc5c5ccccc54)cc3)c3ccccc3-c3ccccc3)cc21. The molecule has 5 aliphatic rings. The van der Waals surface area contributed by atoms with Crippen LogP contribution in [0.15, 0.2) is 188 Å². The van der Waals surface area contributed by atoms with Gasteiger partial charge in [-0.15, -0.1) is 0 Å². The average Bonchev–Trinajstić information content (AvgIpc) is 3.77. The Morgan fingerprint density at radius 3 is 1.65 bits per heavy atom. The number of nitrogens with zero attached hydrogens (tertiary/aromatic N) is 2. The van der Waals surface area contributed by atoms with E-state index in [2.05, 4.69) is 211 Å². The molecular weight excluding hydrogens is 761 g/mol. The van der Waals surface area contributed by atoms with Crippen molar-refractivity contribution in [3.8, 4) is 39.1 Å². The number of aromatic nitrogens is 1. The van der Waals surface area contributed by atoms with Gasteiger partial charge in [-0.25, -0.2) is 0 Å². The van der Waals surface area contributed by atoms with Crippen molar-refractivity contribution in [1.29, 1.82) is 0 Å². The molecular formula is C61H52N2. The number of anilines is 3. The Hall–Kier alpha value is -6.64. The predicted octanol–water partition coefficient (Wildman–Crippen LogP) is 16.4. The van der Waals surface area contributed by atoms with Gasteiger partial charge in [0.1, 0.15) is 0 Å². The quantitative estimate of drug-likeness (QED) is 0.156. The van der Waals surface area contributed by atoms with Gasteiger partial charge in [-0.05, 0) is 167 Å². The Bertz CT molecular complexity index is 3130. The van der Waals surface area contributed by atoms with Crippen LogP contribution in [0.1, 0.15) is 69.1 Å². The van der Waals surface area contributed by atoms with Gasteiger partial charge >= 0.3 is 0 Å². The Balaban J connectivity index is 0.885. The van der Waals surface area contributed by atoms with Crippen molar-refractivity contribution in [2.45, 2.75) is 63.2 Å². The minimum Gasteiger partial charge on any atom is -0.310 e. The first-order valence-electron chi connectivity index (χ1n) is 23.3. The van der Waals surface area contributed by atoms with Crippen molar-refractivity contribution >= 4 is 38.9 Å². The molecule has 0 N–H and O–H groups in total. The molecule has 0 aliphatic heterocycles. The van der Waals surface area contributed by atoms with Crippen LogP contribution in [0, 0.1) is 17.8 Å². The van der Waals surface area contributed by atoms with Crippen molar-refractivity contribution in [3.63, 3.8) is 0 Å². The molecule has 4 saturated carbocycles. The summed E-state index contributed by atoms with van der Waals surface area (Å²) in [7, 11) is 0. The van der Waals surface area contributed by atoms with Gasteiger partial charge < -0.3 is 9.47 Å². The molecule has 0 amide bonds. The summed E-state index contributed by atoms with van der Waals surface area (Å²) in [5.41, 5.74) is 19.4. The van der Waals surface area contributed by atoms with Crippen molar-refractivity contribution in [1.82, 2.24) is 4.57 Å². The summed E-state index contributed by atoms with van der Waals surface area (Å²) in [4.78, 5) is 2.47. The van der Waals surface area contributed by atoms with Crippen LogP contribution < -0.4 is 4.90 Å². The molecule has 1 aromatic heterocycles. The van der Waals surface area contributed by atoms with Crippen LogP contribution in [0.25, 0.3) is 60.9 Å². The molecule has 4 bridgehead atoms. The Kier molecular flexibility index (Phi) is 8.17. The van der Waals surface area contributed by atoms with Crippen LogP contribution >= 0.6 is 0 Å². The van der Waals surface area contributed by atoms with Gasteiger partial charge in [0, 0.05) is 38.8 Å². The zero-order valence-corrected chi connectivity index (χ0v) is 36.3. The fraction of sp³-hybridized carbons (Fsp3) is 0.213. The first-order valence-corrected chi connectivity index (χ1v) is 23.3. The molecule has 5 aliphatic carbocycles. The third-order valence-electron chi connectivity index (χ3n) is 16.0. The van der Waals surface area contributed by atoms with Crippen molar-refractivity contribution in [2.75, 3.05) is 4.90 Å². The normalized spacial score (nSPS) is 21.5. The third-order valence-corrected chi connectivity index (χ3v) is 16.0. The lowest BCUT2D eigenvalue weighted by Crippen LogP contribution is -2.48. The molecule has 0 radical (unpaired) electrons. The highest BCUT2D eigenvalue weighted by atomic mass is 15.1. The smallest absolute Gasteiger partial charge is 0.0541 e. The highest BCUT2D eigenvalue weighted by Gasteiger charge is 2.51. The third kappa shape index (κ3) is 5.76. The molecule has 306 valence electrons. The summed E-state index contributed by atoms with van der Waals surface area (Å²) < 4.78 is 2.40. The molecule has 4 fully saturated rings. The number of benzene rings is 8. The number of fused-ring (bicyclic) bond motifs is 6. The van der Waals surface area contributed by atoms with E-state index in [1.165, 1.54) is 105 Å². The maximum Gasteiger partial charge on any atom is 0.0541 e. The fourth-order valence-corrected chi connectivity index (χ4v) is 13.4. The highest BCUT2D eigenvalue weighted by molar-refractivity contribution is 6.09. The fourth-order valence-electron chi connectivity index (χ4n) is 13.4. The van der Waals surface area contributed by atoms with Gasteiger partial charge in [-0.1, -0.05) is 141 Å². The minimum absolute atomic E-state index is 0.180. The van der Waals surface area contributed by atoms with Crippen molar-refractivity contribution in [3.05, 3.63) is 205 Å². The maximum atomic E-state index is 2.50. The number of rotatable bonds is 7. The van der Waals surface area contributed by atoms with Gasteiger partial charge in [0.05, 0.1) is 16.7 Å². The second kappa shape index (κ2) is 13.9. The summed E-state index contributed by atoms with van der Waals surface area (Å²) in [6.07, 6.45) is 8.70. The van der Waals surface area contributed by atoms with E-state index in [0.29, 0.717) is 5.41 Å². The molecule has 14 rings (SSSR count). The largest absolute Gasteiger partial charge is 0.310 e. The summed E-state index contributed by atoms with van der Waals surface area (Å²) in [6, 6.07) is 70.6. The van der Waals surface area contributed by atoms with E-state index in [9.17, 15) is 0 Å². The lowest BCUT2D eigenvalue weighted by molar-refractivity contribution is -0.00518. The zero-order valence-electron chi connectivity index (χ0n) is 36.3. The Morgan fingerprint density at radius 2 is 0.984 bits per heavy atom. The van der Waals surface area contributed by atoms with E-state index in [4.69, 9.17) is 0 Å². The van der Waals surface area contributed by atoms with Gasteiger partial charge in [0.2, 0.25) is 0 Å². The molecule has 0 atom stereocenters. The van der Waals surface area contributed by atoms with Crippen LogP contribution in [0.3, 0.4) is 0 Å². The van der Waals surface area contributed by atoms with E-state index in [1.54, 1.807) is 5.56 Å². The van der Waals surface area contributed by atoms with E-state index in [1.807, 2.05) is 0 Å². The lowest BCUT2D eigenvalue weighted by Gasteiger charge is -2.57. The van der Waals surface area contributed by atoms with Crippen LogP contribution in [0.5, 0.6) is 0 Å². The molecule has 2 heteroatoms. The van der Waals surface area contributed by atoms with E-state index < -0.39 is 0 Å². The second-order valence-corrected chi connectivity index (χ2v) is 20.0. The lowest BCUT2D eigenvalue weighted by atomic mass is 9.48. The first-order chi connectivity index (χ1) is 30.9. The van der Waals surface area contributed by atoms with Gasteiger partial charge in [-0.3, -0.25) is 0 Å². The molecule has 2 nitrogen and oxygen atoms in total. The molecule has 1 heterocycles. The maximum absolute atomic E-state index is 2.50. The van der Waals surface area contributed by atoms with Crippen LogP contribution in [0.2, 0.25) is 0 Å². The van der Waals surface area contributed by atoms with Gasteiger partial charge in [-0.2, -0.15) is 0 Å². The minimum atomic E-state index is -0.180. The van der Waals surface area contributed by atoms with Crippen LogP contribution in [0.4, 0.5) is 17.1 Å². The monoisotopic (exact) mass is 812 g/mol. The summed E-state index contributed by atoms with van der Waals surface area (Å²) in [5, 5.41) is 2.55. The standard InChI is InChI=1S/C61H52N2/c1-60(2)55-35-45(43-20-23-46(24-21-43)61-37-40-32-41(38-61)34-42(33-40)39-61)22-30-51(55)52-31-29-49(36-56(52)60)62(57-17-9-6-14-50(57)44-12-4-3-5-13-44)47-25-27-48(28-26-47)63-58-18-10-7-15-53(58)54-16-8-11-19-59(54)63/h3-31,35-36,40-42H,32-34,37-39H2,1-2H3. The summed E-state index contributed by atoms with van der Waals surface area (Å²) in [6.45, 7) is 4.84. The predicted molar refractivity (Wildman–Crippen MR) is 264 cm³/mol. The van der Waals surface area contributed by atoms with Crippen LogP contribution in [-0.4, -0.2) is 4.57 Å². The molecule has 0 unspecified atom stereocenters. The molecule has 8 aromatic carbocycles. The van der Waals surface area contributed by atoms with Crippen molar-refractivity contribution in [2.24, 2.45) is 17.8 Å². The number of para-hydroxylation sites is 3.